The maximum Gasteiger partial charge on any atom is 0.115 e. The van der Waals surface area contributed by atoms with Crippen molar-refractivity contribution in [3.8, 4) is 0 Å². The van der Waals surface area contributed by atoms with E-state index in [0.717, 1.165) is 57.8 Å². The van der Waals surface area contributed by atoms with Crippen molar-refractivity contribution in [2.45, 2.75) is 115 Å². The molecule has 0 heterocycles. The van der Waals surface area contributed by atoms with Gasteiger partial charge in [-0.3, -0.25) is 0 Å². The molecule has 27 heavy (non-hydrogen) atoms. The van der Waals surface area contributed by atoms with Gasteiger partial charge in [0.05, 0.1) is 0 Å². The van der Waals surface area contributed by atoms with Gasteiger partial charge in [-0.25, -0.2) is 0 Å². The van der Waals surface area contributed by atoms with Gasteiger partial charge < -0.3 is 29.5 Å². The van der Waals surface area contributed by atoms with Crippen molar-refractivity contribution in [1.82, 2.24) is 0 Å². The van der Waals surface area contributed by atoms with Crippen LogP contribution in [0.3, 0.4) is 0 Å². The summed E-state index contributed by atoms with van der Waals surface area (Å²) in [4.78, 5) is 0. The molecule has 6 atom stereocenters. The zero-order chi connectivity index (χ0) is 20.1. The molecule has 0 aromatic rings. The molecule has 6 heteroatoms. The lowest BCUT2D eigenvalue weighted by atomic mass is 9.84. The average molecular weight is 391 g/mol. The van der Waals surface area contributed by atoms with Crippen molar-refractivity contribution in [3.05, 3.63) is 0 Å². The molecule has 0 spiro atoms. The molecule has 0 amide bonds. The van der Waals surface area contributed by atoms with Gasteiger partial charge in [0, 0.05) is 19.8 Å². The van der Waals surface area contributed by atoms with Crippen LogP contribution < -0.4 is 0 Å². The van der Waals surface area contributed by atoms with Gasteiger partial charge in [0.25, 0.3) is 0 Å². The Morgan fingerprint density at radius 1 is 0.481 bits per heavy atom. The summed E-state index contributed by atoms with van der Waals surface area (Å²) in [5, 5.41) is 31.3. The molecular weight excluding hydrogens is 348 g/mol. The average Bonchev–Trinajstić information content (AvgIpc) is 2.67. The Balaban J connectivity index is 2.78. The van der Waals surface area contributed by atoms with Crippen molar-refractivity contribution in [2.24, 2.45) is 0 Å². The lowest BCUT2D eigenvalue weighted by molar-refractivity contribution is -0.257. The van der Waals surface area contributed by atoms with Crippen LogP contribution in [-0.4, -0.2) is 71.8 Å². The summed E-state index contributed by atoms with van der Waals surface area (Å²) < 4.78 is 17.9. The molecule has 0 aliphatic heterocycles. The SMILES string of the molecule is CCCCCOC1[C@@H](OCCCCC)[C@H](O)C(O)[C@@H](O)[C@H]1OCCCCC. The number of rotatable bonds is 15. The molecule has 6 nitrogen and oxygen atoms in total. The van der Waals surface area contributed by atoms with Crippen LogP contribution in [0, 0.1) is 0 Å². The molecule has 0 saturated heterocycles. The second-order valence-electron chi connectivity index (χ2n) is 7.60. The van der Waals surface area contributed by atoms with Gasteiger partial charge in [-0.05, 0) is 19.3 Å². The van der Waals surface area contributed by atoms with Crippen LogP contribution in [-0.2, 0) is 14.2 Å². The van der Waals surface area contributed by atoms with Crippen molar-refractivity contribution < 1.29 is 29.5 Å². The summed E-state index contributed by atoms with van der Waals surface area (Å²) in [5.74, 6) is 0. The fourth-order valence-electron chi connectivity index (χ4n) is 3.46. The Labute approximate surface area is 165 Å². The van der Waals surface area contributed by atoms with E-state index < -0.39 is 36.6 Å². The molecule has 1 rings (SSSR count). The summed E-state index contributed by atoms with van der Waals surface area (Å²) in [6.07, 6.45) is 3.45. The Morgan fingerprint density at radius 3 is 1.15 bits per heavy atom. The van der Waals surface area contributed by atoms with Crippen LogP contribution in [0.15, 0.2) is 0 Å². The quantitative estimate of drug-likeness (QED) is 0.373. The predicted octanol–water partition coefficient (Wildman–Crippen LogP) is 2.81. The van der Waals surface area contributed by atoms with Gasteiger partial charge in [0.1, 0.15) is 36.6 Å². The lowest BCUT2D eigenvalue weighted by Crippen LogP contribution is -2.65. The molecular formula is C21H42O6. The summed E-state index contributed by atoms with van der Waals surface area (Å²) in [6.45, 7) is 7.89. The highest BCUT2D eigenvalue weighted by molar-refractivity contribution is 5.01. The maximum absolute atomic E-state index is 10.5. The van der Waals surface area contributed by atoms with Crippen molar-refractivity contribution >= 4 is 0 Å². The number of aliphatic hydroxyl groups excluding tert-OH is 3. The van der Waals surface area contributed by atoms with Gasteiger partial charge in [-0.2, -0.15) is 0 Å². The Morgan fingerprint density at radius 2 is 0.815 bits per heavy atom. The third-order valence-corrected chi connectivity index (χ3v) is 5.20. The second-order valence-corrected chi connectivity index (χ2v) is 7.60. The van der Waals surface area contributed by atoms with E-state index in [1.165, 1.54) is 0 Å². The zero-order valence-electron chi connectivity index (χ0n) is 17.5. The minimum absolute atomic E-state index is 0.496. The van der Waals surface area contributed by atoms with E-state index in [9.17, 15) is 15.3 Å². The van der Waals surface area contributed by atoms with Gasteiger partial charge in [0.2, 0.25) is 0 Å². The normalized spacial score (nSPS) is 31.3. The van der Waals surface area contributed by atoms with E-state index in [-0.39, 0.29) is 0 Å². The molecule has 0 aromatic carbocycles. The molecule has 1 aliphatic rings. The number of aliphatic hydroxyl groups is 3. The number of hydrogen-bond donors (Lipinski definition) is 3. The number of ether oxygens (including phenoxy) is 3. The van der Waals surface area contributed by atoms with Gasteiger partial charge in [-0.15, -0.1) is 0 Å². The first-order valence-electron chi connectivity index (χ1n) is 11.0. The smallest absolute Gasteiger partial charge is 0.115 e. The van der Waals surface area contributed by atoms with Crippen molar-refractivity contribution in [2.75, 3.05) is 19.8 Å². The Hall–Kier alpha value is -0.240. The summed E-state index contributed by atoms with van der Waals surface area (Å²) in [7, 11) is 0. The van der Waals surface area contributed by atoms with E-state index in [0.29, 0.717) is 19.8 Å². The standard InChI is InChI=1S/C21H42O6/c1-4-7-10-13-25-19-17(23)16(22)18(24)20(26-14-11-8-5-2)21(19)27-15-12-9-6-3/h16-24H,4-15H2,1-3H3/t16?,17-,18-,19-,20+,21?/m1/s1. The lowest BCUT2D eigenvalue weighted by Gasteiger charge is -2.45. The van der Waals surface area contributed by atoms with Crippen molar-refractivity contribution in [3.63, 3.8) is 0 Å². The fourth-order valence-corrected chi connectivity index (χ4v) is 3.46. The summed E-state index contributed by atoms with van der Waals surface area (Å²) in [5.41, 5.74) is 0. The first-order chi connectivity index (χ1) is 13.1. The first-order valence-corrected chi connectivity index (χ1v) is 11.0. The van der Waals surface area contributed by atoms with E-state index in [2.05, 4.69) is 20.8 Å². The van der Waals surface area contributed by atoms with E-state index in [4.69, 9.17) is 14.2 Å². The number of hydrogen-bond acceptors (Lipinski definition) is 6. The minimum atomic E-state index is -1.30. The van der Waals surface area contributed by atoms with Crippen LogP contribution in [0.2, 0.25) is 0 Å². The third-order valence-electron chi connectivity index (χ3n) is 5.20. The first kappa shape index (κ1) is 24.8. The predicted molar refractivity (Wildman–Crippen MR) is 106 cm³/mol. The van der Waals surface area contributed by atoms with Gasteiger partial charge >= 0.3 is 0 Å². The summed E-state index contributed by atoms with van der Waals surface area (Å²) in [6, 6.07) is 0. The van der Waals surface area contributed by atoms with Crippen molar-refractivity contribution in [1.29, 1.82) is 0 Å². The highest BCUT2D eigenvalue weighted by Gasteiger charge is 2.51. The Kier molecular flexibility index (Phi) is 13.5. The highest BCUT2D eigenvalue weighted by Crippen LogP contribution is 2.29. The van der Waals surface area contributed by atoms with Crippen LogP contribution in [0.4, 0.5) is 0 Å². The van der Waals surface area contributed by atoms with Crippen LogP contribution in [0.1, 0.15) is 78.6 Å². The molecule has 0 aromatic heterocycles. The van der Waals surface area contributed by atoms with Gasteiger partial charge in [-0.1, -0.05) is 59.3 Å². The zero-order valence-corrected chi connectivity index (χ0v) is 17.5. The summed E-state index contributed by atoms with van der Waals surface area (Å²) >= 11 is 0. The molecule has 162 valence electrons. The third kappa shape index (κ3) is 8.34. The second kappa shape index (κ2) is 14.7. The van der Waals surface area contributed by atoms with Crippen LogP contribution >= 0.6 is 0 Å². The van der Waals surface area contributed by atoms with Crippen LogP contribution in [0.5, 0.6) is 0 Å². The van der Waals surface area contributed by atoms with E-state index in [1.54, 1.807) is 0 Å². The van der Waals surface area contributed by atoms with E-state index in [1.807, 2.05) is 0 Å². The molecule has 1 saturated carbocycles. The monoisotopic (exact) mass is 390 g/mol. The largest absolute Gasteiger partial charge is 0.387 e. The van der Waals surface area contributed by atoms with Gasteiger partial charge in [0.15, 0.2) is 0 Å². The molecule has 0 bridgehead atoms. The molecule has 3 N–H and O–H groups in total. The molecule has 1 aliphatic carbocycles. The molecule has 1 fully saturated rings. The highest BCUT2D eigenvalue weighted by atomic mass is 16.6. The topological polar surface area (TPSA) is 88.4 Å². The fraction of sp³-hybridized carbons (Fsp3) is 1.00. The Bertz CT molecular complexity index is 328. The number of unbranched alkanes of at least 4 members (excludes halogenated alkanes) is 6. The minimum Gasteiger partial charge on any atom is -0.387 e. The maximum atomic E-state index is 10.5. The van der Waals surface area contributed by atoms with Crippen LogP contribution in [0.25, 0.3) is 0 Å². The molecule has 0 radical (unpaired) electrons. The van der Waals surface area contributed by atoms with E-state index >= 15 is 0 Å². The molecule has 2 unspecified atom stereocenters.